The molecule has 8 aromatic rings. The zero-order chi connectivity index (χ0) is 56.0. The number of nitrogens with one attached hydrogen (secondary N) is 2. The molecule has 1 saturated heterocycles. The third-order valence-corrected chi connectivity index (χ3v) is 13.8. The van der Waals surface area contributed by atoms with E-state index in [0.29, 0.717) is 30.9 Å². The van der Waals surface area contributed by atoms with Gasteiger partial charge in [-0.05, 0) is 123 Å². The molecule has 2 unspecified atom stereocenters. The number of carbonyl (C=O) groups is 2. The number of anilines is 4. The van der Waals surface area contributed by atoms with Crippen molar-refractivity contribution in [2.75, 3.05) is 10.6 Å². The number of rotatable bonds is 21. The number of aromatic nitrogens is 6. The molecular weight excluding hydrogens is 1050 g/mol. The first kappa shape index (κ1) is 60.5. The molecule has 4 aromatic carbocycles. The van der Waals surface area contributed by atoms with Gasteiger partial charge in [0, 0.05) is 76.4 Å². The normalized spacial score (nSPS) is 15.6. The molecular formula is C62H66CaF2N8O7+2. The number of para-hydroxylation sites is 2. The van der Waals surface area contributed by atoms with E-state index < -0.39 is 42.8 Å². The van der Waals surface area contributed by atoms with Crippen molar-refractivity contribution in [3.05, 3.63) is 186 Å². The van der Waals surface area contributed by atoms with Gasteiger partial charge in [-0.25, -0.2) is 28.1 Å². The van der Waals surface area contributed by atoms with Crippen LogP contribution < -0.4 is 10.6 Å². The van der Waals surface area contributed by atoms with Gasteiger partial charge in [-0.1, -0.05) is 70.2 Å². The van der Waals surface area contributed by atoms with Crippen molar-refractivity contribution in [3.8, 4) is 33.9 Å². The zero-order valence-electron chi connectivity index (χ0n) is 45.3. The topological polar surface area (TPSA) is 210 Å². The van der Waals surface area contributed by atoms with Crippen molar-refractivity contribution in [1.82, 2.24) is 29.5 Å². The molecule has 4 aromatic heterocycles. The molecule has 9 rings (SSSR count). The molecule has 6 atom stereocenters. The van der Waals surface area contributed by atoms with Crippen LogP contribution in [0.25, 0.3) is 40.0 Å². The van der Waals surface area contributed by atoms with E-state index >= 15 is 0 Å². The molecule has 0 aliphatic carbocycles. The number of aliphatic hydroxyl groups is 3. The average Bonchev–Trinajstić information content (AvgIpc) is 4.02. The average molecular weight is 1110 g/mol. The number of carboxylic acids is 1. The first-order chi connectivity index (χ1) is 38.2. The second-order valence-corrected chi connectivity index (χ2v) is 19.8. The summed E-state index contributed by atoms with van der Waals surface area (Å²) < 4.78 is 37.0. The van der Waals surface area contributed by atoms with Crippen LogP contribution in [-0.2, 0) is 20.7 Å². The van der Waals surface area contributed by atoms with Crippen molar-refractivity contribution < 1.29 is 43.5 Å². The largest absolute Gasteiger partial charge is 2.00 e. The predicted octanol–water partition coefficient (Wildman–Crippen LogP) is 11.9. The Kier molecular flexibility index (Phi) is 21.8. The van der Waals surface area contributed by atoms with E-state index in [-0.39, 0.29) is 74.1 Å². The van der Waals surface area contributed by atoms with E-state index in [1.807, 2.05) is 100 Å². The van der Waals surface area contributed by atoms with Crippen LogP contribution in [0.4, 0.5) is 31.8 Å². The van der Waals surface area contributed by atoms with Gasteiger partial charge in [-0.15, -0.1) is 0 Å². The molecule has 0 amide bonds. The number of aliphatic carboxylic acids is 1. The molecule has 1 aliphatic heterocycles. The van der Waals surface area contributed by atoms with Crippen molar-refractivity contribution in [1.29, 1.82) is 0 Å². The Morgan fingerprint density at radius 1 is 0.725 bits per heavy atom. The minimum Gasteiger partial charge on any atom is -0.481 e. The van der Waals surface area contributed by atoms with Crippen LogP contribution >= 0.6 is 0 Å². The van der Waals surface area contributed by atoms with Crippen molar-refractivity contribution >= 4 is 78.8 Å². The monoisotopic (exact) mass is 1110 g/mol. The van der Waals surface area contributed by atoms with Crippen LogP contribution in [0.5, 0.6) is 0 Å². The van der Waals surface area contributed by atoms with E-state index in [4.69, 9.17) is 20.0 Å². The molecule has 6 N–H and O–H groups in total. The first-order valence-corrected chi connectivity index (χ1v) is 26.6. The van der Waals surface area contributed by atoms with Crippen LogP contribution in [0.15, 0.2) is 152 Å². The smallest absolute Gasteiger partial charge is 0.481 e. The molecule has 0 bridgehead atoms. The van der Waals surface area contributed by atoms with Gasteiger partial charge < -0.3 is 35.8 Å². The number of esters is 1. The molecule has 1 aliphatic rings. The quantitative estimate of drug-likeness (QED) is 0.0293. The van der Waals surface area contributed by atoms with Crippen molar-refractivity contribution in [2.24, 2.45) is 0 Å². The van der Waals surface area contributed by atoms with Gasteiger partial charge in [0.15, 0.2) is 0 Å². The molecule has 0 spiro atoms. The van der Waals surface area contributed by atoms with Gasteiger partial charge in [0.2, 0.25) is 0 Å². The van der Waals surface area contributed by atoms with Gasteiger partial charge in [-0.2, -0.15) is 10.2 Å². The summed E-state index contributed by atoms with van der Waals surface area (Å²) in [7, 11) is 0. The maximum Gasteiger partial charge on any atom is 2.00 e. The van der Waals surface area contributed by atoms with Crippen LogP contribution in [0.2, 0.25) is 0 Å². The van der Waals surface area contributed by atoms with Gasteiger partial charge in [0.25, 0.3) is 0 Å². The summed E-state index contributed by atoms with van der Waals surface area (Å²) in [5.74, 6) is -0.692. The van der Waals surface area contributed by atoms with Crippen molar-refractivity contribution in [2.45, 2.75) is 115 Å². The number of hydrogen-bond donors (Lipinski definition) is 6. The van der Waals surface area contributed by atoms with Crippen LogP contribution in [-0.4, -0.2) is 124 Å². The van der Waals surface area contributed by atoms with Gasteiger partial charge >= 0.3 is 49.7 Å². The standard InChI is InChI=1S/C31H35FN4O4.C31H31FN4O3.Ca/c1-3-20(2)30-27(14-13-25(37)18-26(38)19-29(39)40)31(21-9-11-22(32)12-10-21)36(35-30)24-15-16-33-28(17-24)34-23-7-5-4-6-8-23;1-3-20(2)30-27(14-13-26-18-25(37)19-29(38)39-26)31(21-9-11-22(32)12-10-21)36(35-30)24-15-16-33-28(17-24)34-23-7-5-4-6-8-23;/h4-12,15-17,20,25-26,37-38H,3,13-14,18-19H2,1-2H3,(H,33,34)(H,39,40);4-17,20,25-26,37H,3,18-19H2,1-2H3,(H,33,34);/q;;+2/b;14-13+;/t2*20?,25-,26-;/m11./s1. The third-order valence-electron chi connectivity index (χ3n) is 13.8. The number of carbonyl (C=O) groups excluding carboxylic acids is 1. The van der Waals surface area contributed by atoms with E-state index in [2.05, 4.69) is 48.3 Å². The number of halogens is 2. The Balaban J connectivity index is 0.000000228. The number of benzene rings is 4. The Labute approximate surface area is 494 Å². The molecule has 5 heterocycles. The summed E-state index contributed by atoms with van der Waals surface area (Å²) >= 11 is 0. The minimum absolute atomic E-state index is 0. The molecule has 0 saturated carbocycles. The van der Waals surface area contributed by atoms with Crippen LogP contribution in [0.3, 0.4) is 0 Å². The summed E-state index contributed by atoms with van der Waals surface area (Å²) in [6.07, 6.45) is 6.13. The molecule has 410 valence electrons. The number of nitrogens with zero attached hydrogens (tertiary/aromatic N) is 6. The summed E-state index contributed by atoms with van der Waals surface area (Å²) in [5, 5.41) is 56.4. The SMILES string of the molecule is CCC(C)c1nn(-c2ccnc(Nc3ccccc3)c2)c(-c2ccc(F)cc2)c1/C=C/[C@@H]1C[C@@H](O)CC(=O)O1.CCC(C)c1nn(-c2ccnc(Nc3ccccc3)c2)c(-c2ccc(F)cc2)c1CC[C@@H](O)C[C@@H](O)CC(=O)O.[Ca+2]. The summed E-state index contributed by atoms with van der Waals surface area (Å²) in [6.45, 7) is 8.38. The number of ether oxygens (including phenoxy) is 1. The van der Waals surface area contributed by atoms with E-state index in [1.54, 1.807) is 42.7 Å². The Morgan fingerprint density at radius 3 is 1.74 bits per heavy atom. The maximum absolute atomic E-state index is 13.9. The van der Waals surface area contributed by atoms with Crippen molar-refractivity contribution in [3.63, 3.8) is 0 Å². The Hall–Kier alpha value is -7.12. The fraction of sp³-hybridized carbons (Fsp3) is 0.290. The summed E-state index contributed by atoms with van der Waals surface area (Å²) in [6, 6.07) is 39.6. The Bertz CT molecular complexity index is 3330. The zero-order valence-corrected chi connectivity index (χ0v) is 47.5. The summed E-state index contributed by atoms with van der Waals surface area (Å²) in [5.41, 5.74) is 9.98. The fourth-order valence-electron chi connectivity index (χ4n) is 9.37. The van der Waals surface area contributed by atoms with E-state index in [9.17, 15) is 33.7 Å². The molecule has 0 radical (unpaired) electrons. The minimum atomic E-state index is -1.13. The van der Waals surface area contributed by atoms with Crippen LogP contribution in [0.1, 0.15) is 107 Å². The summed E-state index contributed by atoms with van der Waals surface area (Å²) in [4.78, 5) is 31.8. The predicted molar refractivity (Wildman–Crippen MR) is 307 cm³/mol. The third kappa shape index (κ3) is 16.0. The van der Waals surface area contributed by atoms with Gasteiger partial charge in [-0.3, -0.25) is 9.59 Å². The first-order valence-electron chi connectivity index (χ1n) is 26.6. The van der Waals surface area contributed by atoms with Gasteiger partial charge in [0.1, 0.15) is 29.4 Å². The Morgan fingerprint density at radius 2 is 1.23 bits per heavy atom. The number of carboxylic acid groups (broad SMARTS) is 1. The van der Waals surface area contributed by atoms with Crippen LogP contribution in [0, 0.1) is 11.6 Å². The fourth-order valence-corrected chi connectivity index (χ4v) is 9.37. The maximum atomic E-state index is 13.9. The number of cyclic esters (lactones) is 1. The van der Waals surface area contributed by atoms with E-state index in [0.717, 1.165) is 80.6 Å². The molecule has 18 heteroatoms. The molecule has 15 nitrogen and oxygen atoms in total. The number of pyridine rings is 2. The second kappa shape index (κ2) is 28.9. The second-order valence-electron chi connectivity index (χ2n) is 19.8. The number of aliphatic hydroxyl groups excluding tert-OH is 3. The number of hydrogen-bond acceptors (Lipinski definition) is 12. The van der Waals surface area contributed by atoms with Gasteiger partial charge in [0.05, 0.1) is 65.3 Å². The van der Waals surface area contributed by atoms with E-state index in [1.165, 1.54) is 24.3 Å². The molecule has 80 heavy (non-hydrogen) atoms. The molecule has 1 fully saturated rings.